The number of hydrogen-bond donors (Lipinski definition) is 0. The summed E-state index contributed by atoms with van der Waals surface area (Å²) in [4.78, 5) is 6.98. The summed E-state index contributed by atoms with van der Waals surface area (Å²) in [5.74, 6) is 1.48. The predicted molar refractivity (Wildman–Crippen MR) is 76.2 cm³/mol. The maximum atomic E-state index is 6.07. The minimum atomic E-state index is 0.566. The number of anilines is 1. The van der Waals surface area contributed by atoms with Gasteiger partial charge in [-0.15, -0.1) is 11.6 Å². The fraction of sp³-hybridized carbons (Fsp3) is 0.667. The molecular formula is C15H21ClN2. The van der Waals surface area contributed by atoms with Crippen molar-refractivity contribution in [3.8, 4) is 0 Å². The van der Waals surface area contributed by atoms with Crippen LogP contribution in [0.25, 0.3) is 0 Å². The topological polar surface area (TPSA) is 16.1 Å². The van der Waals surface area contributed by atoms with Gasteiger partial charge in [-0.2, -0.15) is 0 Å². The molecule has 1 aromatic heterocycles. The van der Waals surface area contributed by atoms with Crippen LogP contribution in [0.15, 0.2) is 12.3 Å². The fourth-order valence-electron chi connectivity index (χ4n) is 3.65. The van der Waals surface area contributed by atoms with Crippen LogP contribution in [-0.2, 0) is 5.88 Å². The first-order valence-electron chi connectivity index (χ1n) is 7.07. The molecule has 0 N–H and O–H groups in total. The maximum absolute atomic E-state index is 6.07. The number of fused-ring (bicyclic) bond motifs is 1. The summed E-state index contributed by atoms with van der Waals surface area (Å²) in [5.41, 5.74) is 3.62. The zero-order chi connectivity index (χ0) is 12.5. The van der Waals surface area contributed by atoms with Gasteiger partial charge < -0.3 is 4.90 Å². The number of nitrogens with zero attached hydrogens (tertiary/aromatic N) is 2. The maximum Gasteiger partial charge on any atom is 0.0509 e. The normalized spacial score (nSPS) is 27.3. The van der Waals surface area contributed by atoms with Crippen LogP contribution in [0.2, 0.25) is 0 Å². The van der Waals surface area contributed by atoms with Gasteiger partial charge in [0.15, 0.2) is 0 Å². The lowest BCUT2D eigenvalue weighted by atomic mass is 9.85. The van der Waals surface area contributed by atoms with Crippen molar-refractivity contribution >= 4 is 17.3 Å². The van der Waals surface area contributed by atoms with Crippen molar-refractivity contribution in [2.45, 2.75) is 50.9 Å². The van der Waals surface area contributed by atoms with Crippen molar-refractivity contribution in [1.29, 1.82) is 0 Å². The zero-order valence-corrected chi connectivity index (χ0v) is 11.8. The van der Waals surface area contributed by atoms with Crippen LogP contribution in [0.1, 0.15) is 43.4 Å². The van der Waals surface area contributed by atoms with Gasteiger partial charge in [0.1, 0.15) is 0 Å². The number of alkyl halides is 1. The molecular weight excluding hydrogens is 244 g/mol. The molecule has 98 valence electrons. The molecule has 0 radical (unpaired) electrons. The zero-order valence-electron chi connectivity index (χ0n) is 11.0. The van der Waals surface area contributed by atoms with E-state index in [0.717, 1.165) is 17.7 Å². The van der Waals surface area contributed by atoms with Crippen molar-refractivity contribution in [1.82, 2.24) is 4.98 Å². The van der Waals surface area contributed by atoms with Crippen LogP contribution >= 0.6 is 11.6 Å². The molecule has 1 saturated heterocycles. The smallest absolute Gasteiger partial charge is 0.0509 e. The van der Waals surface area contributed by atoms with E-state index in [9.17, 15) is 0 Å². The first-order chi connectivity index (χ1) is 8.79. The summed E-state index contributed by atoms with van der Waals surface area (Å²) in [5, 5.41) is 0. The number of aryl methyl sites for hydroxylation is 1. The van der Waals surface area contributed by atoms with Crippen LogP contribution in [0.5, 0.6) is 0 Å². The van der Waals surface area contributed by atoms with Crippen LogP contribution in [0.4, 0.5) is 5.69 Å². The molecule has 0 spiro atoms. The first-order valence-corrected chi connectivity index (χ1v) is 7.61. The van der Waals surface area contributed by atoms with Crippen LogP contribution in [0.3, 0.4) is 0 Å². The van der Waals surface area contributed by atoms with Gasteiger partial charge in [-0.25, -0.2) is 0 Å². The lowest BCUT2D eigenvalue weighted by Crippen LogP contribution is -2.35. The summed E-state index contributed by atoms with van der Waals surface area (Å²) < 4.78 is 0. The van der Waals surface area contributed by atoms with Gasteiger partial charge in [0.25, 0.3) is 0 Å². The lowest BCUT2D eigenvalue weighted by molar-refractivity contribution is 0.342. The highest BCUT2D eigenvalue weighted by Gasteiger charge is 2.36. The van der Waals surface area contributed by atoms with E-state index in [1.54, 1.807) is 0 Å². The molecule has 18 heavy (non-hydrogen) atoms. The van der Waals surface area contributed by atoms with E-state index in [1.165, 1.54) is 49.9 Å². The molecule has 1 aromatic rings. The molecule has 0 aromatic carbocycles. The number of hydrogen-bond acceptors (Lipinski definition) is 2. The monoisotopic (exact) mass is 264 g/mol. The summed E-state index contributed by atoms with van der Waals surface area (Å²) in [6.45, 7) is 3.26. The Bertz CT molecular complexity index is 433. The van der Waals surface area contributed by atoms with Gasteiger partial charge in [0.05, 0.1) is 5.88 Å². The van der Waals surface area contributed by atoms with Crippen LogP contribution < -0.4 is 4.90 Å². The van der Waals surface area contributed by atoms with Crippen LogP contribution in [0, 0.1) is 12.8 Å². The van der Waals surface area contributed by atoms with E-state index in [-0.39, 0.29) is 0 Å². The van der Waals surface area contributed by atoms with Crippen molar-refractivity contribution in [2.24, 2.45) is 5.92 Å². The van der Waals surface area contributed by atoms with Crippen LogP contribution in [-0.4, -0.2) is 17.6 Å². The fourth-order valence-corrected chi connectivity index (χ4v) is 3.85. The molecule has 2 heterocycles. The number of aromatic nitrogens is 1. The highest BCUT2D eigenvalue weighted by atomic mass is 35.5. The summed E-state index contributed by atoms with van der Waals surface area (Å²) in [7, 11) is 0. The van der Waals surface area contributed by atoms with Gasteiger partial charge in [-0.1, -0.05) is 12.8 Å². The third-order valence-electron chi connectivity index (χ3n) is 4.56. The minimum absolute atomic E-state index is 0.566. The molecule has 2 unspecified atom stereocenters. The first kappa shape index (κ1) is 12.3. The molecule has 1 aliphatic heterocycles. The summed E-state index contributed by atoms with van der Waals surface area (Å²) in [6, 6.07) is 2.97. The third-order valence-corrected chi connectivity index (χ3v) is 4.85. The van der Waals surface area contributed by atoms with Gasteiger partial charge in [0, 0.05) is 35.7 Å². The molecule has 1 aliphatic carbocycles. The van der Waals surface area contributed by atoms with E-state index in [0.29, 0.717) is 5.88 Å². The second kappa shape index (κ2) is 5.08. The predicted octanol–water partition coefficient (Wildman–Crippen LogP) is 3.90. The Labute approximate surface area is 114 Å². The average molecular weight is 265 g/mol. The summed E-state index contributed by atoms with van der Waals surface area (Å²) >= 11 is 6.07. The van der Waals surface area contributed by atoms with Crippen molar-refractivity contribution in [3.63, 3.8) is 0 Å². The second-order valence-electron chi connectivity index (χ2n) is 5.68. The molecule has 3 heteroatoms. The number of pyridine rings is 1. The van der Waals surface area contributed by atoms with E-state index in [1.807, 2.05) is 6.20 Å². The Hall–Kier alpha value is -0.760. The largest absolute Gasteiger partial charge is 0.368 e. The quantitative estimate of drug-likeness (QED) is 0.753. The highest BCUT2D eigenvalue weighted by molar-refractivity contribution is 6.17. The molecule has 0 amide bonds. The highest BCUT2D eigenvalue weighted by Crippen LogP contribution is 2.40. The van der Waals surface area contributed by atoms with E-state index >= 15 is 0 Å². The molecule has 2 atom stereocenters. The molecule has 2 nitrogen and oxygen atoms in total. The summed E-state index contributed by atoms with van der Waals surface area (Å²) in [6.07, 6.45) is 8.89. The Morgan fingerprint density at radius 1 is 1.33 bits per heavy atom. The molecule has 1 saturated carbocycles. The molecule has 2 fully saturated rings. The average Bonchev–Trinajstić information content (AvgIpc) is 2.82. The number of halogens is 1. The van der Waals surface area contributed by atoms with Gasteiger partial charge in [0.2, 0.25) is 0 Å². The van der Waals surface area contributed by atoms with Crippen molar-refractivity contribution in [3.05, 3.63) is 23.5 Å². The standard InChI is InChI=1S/C15H21ClN2/c1-11-8-15(13(9-16)10-17-11)18-7-6-12-4-2-3-5-14(12)18/h8,10,12,14H,2-7,9H2,1H3. The molecule has 2 aliphatic rings. The van der Waals surface area contributed by atoms with Gasteiger partial charge in [-0.3, -0.25) is 4.98 Å². The Kier molecular flexibility index (Phi) is 3.47. The Morgan fingerprint density at radius 2 is 2.17 bits per heavy atom. The van der Waals surface area contributed by atoms with Crippen molar-refractivity contribution in [2.75, 3.05) is 11.4 Å². The SMILES string of the molecule is Cc1cc(N2CCC3CCCCC32)c(CCl)cn1. The second-order valence-corrected chi connectivity index (χ2v) is 5.95. The Balaban J connectivity index is 1.92. The Morgan fingerprint density at radius 3 is 3.00 bits per heavy atom. The lowest BCUT2D eigenvalue weighted by Gasteiger charge is -2.34. The van der Waals surface area contributed by atoms with Crippen molar-refractivity contribution < 1.29 is 0 Å². The molecule has 0 bridgehead atoms. The third kappa shape index (κ3) is 2.11. The van der Waals surface area contributed by atoms with Gasteiger partial charge in [-0.05, 0) is 38.2 Å². The number of rotatable bonds is 2. The van der Waals surface area contributed by atoms with E-state index in [2.05, 4.69) is 22.9 Å². The van der Waals surface area contributed by atoms with E-state index in [4.69, 9.17) is 11.6 Å². The van der Waals surface area contributed by atoms with E-state index < -0.39 is 0 Å². The minimum Gasteiger partial charge on any atom is -0.368 e. The molecule has 3 rings (SSSR count). The van der Waals surface area contributed by atoms with Gasteiger partial charge >= 0.3 is 0 Å².